The molecule has 162 valence electrons. The standard InChI is InChI=1S/C25H36N4O/c1-3-7-20(2)28-16-14-24(15-17-28)29(19-22-8-5-4-6-9-22)25(30)27-18-21-10-12-23(26)13-11-21/h4-6,8-13,20,24H,3,7,14-19,26H2,1-2H3,(H,27,30). The molecule has 1 fully saturated rings. The lowest BCUT2D eigenvalue weighted by atomic mass is 10.00. The fourth-order valence-corrected chi connectivity index (χ4v) is 4.30. The zero-order valence-electron chi connectivity index (χ0n) is 18.4. The lowest BCUT2D eigenvalue weighted by molar-refractivity contribution is 0.0943. The Morgan fingerprint density at radius 2 is 1.77 bits per heavy atom. The molecule has 0 bridgehead atoms. The minimum Gasteiger partial charge on any atom is -0.399 e. The molecule has 1 heterocycles. The van der Waals surface area contributed by atoms with Crippen molar-refractivity contribution in [3.05, 3.63) is 65.7 Å². The highest BCUT2D eigenvalue weighted by molar-refractivity contribution is 5.74. The van der Waals surface area contributed by atoms with Gasteiger partial charge in [-0.1, -0.05) is 55.8 Å². The fourth-order valence-electron chi connectivity index (χ4n) is 4.30. The Kier molecular flexibility index (Phi) is 8.14. The van der Waals surface area contributed by atoms with Crippen LogP contribution >= 0.6 is 0 Å². The van der Waals surface area contributed by atoms with Crippen LogP contribution in [0.1, 0.15) is 50.7 Å². The number of rotatable bonds is 8. The summed E-state index contributed by atoms with van der Waals surface area (Å²) < 4.78 is 0. The van der Waals surface area contributed by atoms with Crippen molar-refractivity contribution in [2.75, 3.05) is 18.8 Å². The molecule has 3 N–H and O–H groups in total. The van der Waals surface area contributed by atoms with Crippen molar-refractivity contribution in [3.63, 3.8) is 0 Å². The molecule has 0 aliphatic carbocycles. The maximum Gasteiger partial charge on any atom is 0.318 e. The van der Waals surface area contributed by atoms with E-state index in [1.165, 1.54) is 18.4 Å². The van der Waals surface area contributed by atoms with Gasteiger partial charge in [0.15, 0.2) is 0 Å². The minimum absolute atomic E-state index is 0.00994. The summed E-state index contributed by atoms with van der Waals surface area (Å²) in [6, 6.07) is 18.8. The van der Waals surface area contributed by atoms with E-state index in [0.29, 0.717) is 19.1 Å². The molecule has 1 atom stereocenters. The normalized spacial score (nSPS) is 16.2. The van der Waals surface area contributed by atoms with Crippen LogP contribution in [0.25, 0.3) is 0 Å². The van der Waals surface area contributed by atoms with Crippen LogP contribution in [-0.4, -0.2) is 41.0 Å². The molecular weight excluding hydrogens is 372 g/mol. The number of nitrogens with two attached hydrogens (primary N) is 1. The van der Waals surface area contributed by atoms with Crippen molar-refractivity contribution in [2.45, 2.75) is 64.7 Å². The number of piperidine rings is 1. The van der Waals surface area contributed by atoms with Gasteiger partial charge in [-0.05, 0) is 49.4 Å². The smallest absolute Gasteiger partial charge is 0.318 e. The molecular formula is C25H36N4O. The second-order valence-corrected chi connectivity index (χ2v) is 8.42. The van der Waals surface area contributed by atoms with Crippen LogP contribution in [0, 0.1) is 0 Å². The van der Waals surface area contributed by atoms with E-state index < -0.39 is 0 Å². The number of benzene rings is 2. The number of anilines is 1. The Bertz CT molecular complexity index is 769. The number of carbonyl (C=O) groups is 1. The van der Waals surface area contributed by atoms with E-state index in [2.05, 4.69) is 36.2 Å². The predicted molar refractivity (Wildman–Crippen MR) is 124 cm³/mol. The number of nitrogens with zero attached hydrogens (tertiary/aromatic N) is 2. The first kappa shape index (κ1) is 22.2. The van der Waals surface area contributed by atoms with Crippen molar-refractivity contribution < 1.29 is 4.79 Å². The van der Waals surface area contributed by atoms with Crippen molar-refractivity contribution in [2.24, 2.45) is 0 Å². The Morgan fingerprint density at radius 1 is 1.10 bits per heavy atom. The maximum absolute atomic E-state index is 13.2. The molecule has 1 aliphatic heterocycles. The average Bonchev–Trinajstić information content (AvgIpc) is 2.78. The second-order valence-electron chi connectivity index (χ2n) is 8.42. The molecule has 0 saturated carbocycles. The third-order valence-electron chi connectivity index (χ3n) is 6.15. The molecule has 0 spiro atoms. The van der Waals surface area contributed by atoms with Crippen LogP contribution in [0.5, 0.6) is 0 Å². The summed E-state index contributed by atoms with van der Waals surface area (Å²) in [5, 5.41) is 3.12. The van der Waals surface area contributed by atoms with E-state index in [1.54, 1.807) is 0 Å². The summed E-state index contributed by atoms with van der Waals surface area (Å²) in [5.74, 6) is 0. The monoisotopic (exact) mass is 408 g/mol. The number of nitrogen functional groups attached to an aromatic ring is 1. The van der Waals surface area contributed by atoms with E-state index >= 15 is 0 Å². The summed E-state index contributed by atoms with van der Waals surface area (Å²) >= 11 is 0. The van der Waals surface area contributed by atoms with Gasteiger partial charge in [-0.2, -0.15) is 0 Å². The van der Waals surface area contributed by atoms with Gasteiger partial charge in [0.1, 0.15) is 0 Å². The topological polar surface area (TPSA) is 61.6 Å². The number of likely N-dealkylation sites (tertiary alicyclic amines) is 1. The van der Waals surface area contributed by atoms with Crippen LogP contribution in [0.2, 0.25) is 0 Å². The van der Waals surface area contributed by atoms with Crippen LogP contribution in [0.15, 0.2) is 54.6 Å². The third-order valence-corrected chi connectivity index (χ3v) is 6.15. The molecule has 1 saturated heterocycles. The summed E-state index contributed by atoms with van der Waals surface area (Å²) in [5.41, 5.74) is 8.73. The van der Waals surface area contributed by atoms with Crippen molar-refractivity contribution >= 4 is 11.7 Å². The summed E-state index contributed by atoms with van der Waals surface area (Å²) in [6.45, 7) is 7.84. The van der Waals surface area contributed by atoms with Crippen molar-refractivity contribution in [1.82, 2.24) is 15.1 Å². The molecule has 2 aromatic carbocycles. The van der Waals surface area contributed by atoms with Crippen molar-refractivity contribution in [1.29, 1.82) is 0 Å². The predicted octanol–water partition coefficient (Wildman–Crippen LogP) is 4.63. The maximum atomic E-state index is 13.2. The van der Waals surface area contributed by atoms with E-state index in [4.69, 9.17) is 5.73 Å². The first-order valence-corrected chi connectivity index (χ1v) is 11.2. The van der Waals surface area contributed by atoms with E-state index in [-0.39, 0.29) is 12.1 Å². The van der Waals surface area contributed by atoms with E-state index in [9.17, 15) is 4.79 Å². The number of hydrogen-bond donors (Lipinski definition) is 2. The molecule has 2 amide bonds. The van der Waals surface area contributed by atoms with Gasteiger partial charge in [-0.25, -0.2) is 4.79 Å². The summed E-state index contributed by atoms with van der Waals surface area (Å²) in [6.07, 6.45) is 4.50. The van der Waals surface area contributed by atoms with Gasteiger partial charge in [-0.15, -0.1) is 0 Å². The van der Waals surface area contributed by atoms with Crippen molar-refractivity contribution in [3.8, 4) is 0 Å². The molecule has 5 nitrogen and oxygen atoms in total. The number of amides is 2. The fraction of sp³-hybridized carbons (Fsp3) is 0.480. The summed E-state index contributed by atoms with van der Waals surface area (Å²) in [7, 11) is 0. The third kappa shape index (κ3) is 6.23. The van der Waals surface area contributed by atoms with E-state index in [0.717, 1.165) is 37.2 Å². The van der Waals surface area contributed by atoms with E-state index in [1.807, 2.05) is 47.4 Å². The Morgan fingerprint density at radius 3 is 2.40 bits per heavy atom. The highest BCUT2D eigenvalue weighted by Crippen LogP contribution is 2.22. The highest BCUT2D eigenvalue weighted by Gasteiger charge is 2.29. The zero-order chi connectivity index (χ0) is 21.3. The molecule has 0 radical (unpaired) electrons. The highest BCUT2D eigenvalue weighted by atomic mass is 16.2. The molecule has 3 rings (SSSR count). The number of carbonyl (C=O) groups excluding carboxylic acids is 1. The van der Waals surface area contributed by atoms with Gasteiger partial charge in [0.25, 0.3) is 0 Å². The Labute approximate surface area is 181 Å². The first-order valence-electron chi connectivity index (χ1n) is 11.2. The largest absolute Gasteiger partial charge is 0.399 e. The SMILES string of the molecule is CCCC(C)N1CCC(N(Cc2ccccc2)C(=O)NCc2ccc(N)cc2)CC1. The molecule has 1 unspecified atom stereocenters. The second kappa shape index (κ2) is 11.0. The van der Waals surface area contributed by atoms with Crippen LogP contribution < -0.4 is 11.1 Å². The van der Waals surface area contributed by atoms with Gasteiger partial charge >= 0.3 is 6.03 Å². The average molecular weight is 409 g/mol. The summed E-state index contributed by atoms with van der Waals surface area (Å²) in [4.78, 5) is 17.8. The number of hydrogen-bond acceptors (Lipinski definition) is 3. The van der Waals surface area contributed by atoms with Gasteiger partial charge in [0.05, 0.1) is 0 Å². The molecule has 5 heteroatoms. The lowest BCUT2D eigenvalue weighted by Gasteiger charge is -2.40. The minimum atomic E-state index is 0.00994. The molecule has 1 aliphatic rings. The van der Waals surface area contributed by atoms with Gasteiger partial charge in [0.2, 0.25) is 0 Å². The van der Waals surface area contributed by atoms with Gasteiger partial charge in [-0.3, -0.25) is 0 Å². The number of urea groups is 1. The molecule has 30 heavy (non-hydrogen) atoms. The number of nitrogens with one attached hydrogen (secondary N) is 1. The zero-order valence-corrected chi connectivity index (χ0v) is 18.4. The van der Waals surface area contributed by atoms with Crippen LogP contribution in [0.3, 0.4) is 0 Å². The van der Waals surface area contributed by atoms with Crippen LogP contribution in [0.4, 0.5) is 10.5 Å². The van der Waals surface area contributed by atoms with Gasteiger partial charge in [0, 0.05) is 44.0 Å². The molecule has 2 aromatic rings. The first-order chi connectivity index (χ1) is 14.6. The Balaban J connectivity index is 1.64. The Hall–Kier alpha value is -2.53. The molecule has 0 aromatic heterocycles. The lowest BCUT2D eigenvalue weighted by Crippen LogP contribution is -2.51. The van der Waals surface area contributed by atoms with Gasteiger partial charge < -0.3 is 20.9 Å². The van der Waals surface area contributed by atoms with Crippen LogP contribution in [-0.2, 0) is 13.1 Å². The quantitative estimate of drug-likeness (QED) is 0.626.